The largest absolute Gasteiger partial charge is 0.483 e. The average molecular weight is 375 g/mol. The number of carboxylic acid groups (broad SMARTS) is 1. The van der Waals surface area contributed by atoms with Crippen molar-refractivity contribution in [3.05, 3.63) is 58.3 Å². The van der Waals surface area contributed by atoms with Crippen LogP contribution in [0.15, 0.2) is 47.8 Å². The molecule has 0 radical (unpaired) electrons. The Bertz CT molecular complexity index is 638. The number of nitrogens with zero attached hydrogens (tertiary/aromatic N) is 1. The van der Waals surface area contributed by atoms with Gasteiger partial charge in [0.25, 0.3) is 6.47 Å². The Morgan fingerprint density at radius 2 is 1.77 bits per heavy atom. The summed E-state index contributed by atoms with van der Waals surface area (Å²) in [6.07, 6.45) is 5.00. The summed E-state index contributed by atoms with van der Waals surface area (Å²) in [5.74, 6) is 0.120. The van der Waals surface area contributed by atoms with Gasteiger partial charge in [0.05, 0.1) is 12.6 Å². The highest BCUT2D eigenvalue weighted by atomic mass is 32.1. The zero-order chi connectivity index (χ0) is 18.6. The summed E-state index contributed by atoms with van der Waals surface area (Å²) in [7, 11) is 0. The summed E-state index contributed by atoms with van der Waals surface area (Å²) < 4.78 is 0. The molecular weight excluding hydrogens is 348 g/mol. The molecule has 1 aliphatic rings. The molecule has 0 saturated carbocycles. The van der Waals surface area contributed by atoms with Gasteiger partial charge in [-0.05, 0) is 42.9 Å². The minimum atomic E-state index is -0.250. The van der Waals surface area contributed by atoms with Gasteiger partial charge in [-0.3, -0.25) is 14.5 Å². The third-order valence-electron chi connectivity index (χ3n) is 4.33. The summed E-state index contributed by atoms with van der Waals surface area (Å²) in [6, 6.07) is 14.3. The molecule has 2 N–H and O–H groups in total. The first kappa shape index (κ1) is 20.1. The predicted molar refractivity (Wildman–Crippen MR) is 104 cm³/mol. The van der Waals surface area contributed by atoms with E-state index in [9.17, 15) is 4.79 Å². The lowest BCUT2D eigenvalue weighted by atomic mass is 10.1. The Hall–Kier alpha value is -2.18. The fraction of sp³-hybridized carbons (Fsp3) is 0.400. The van der Waals surface area contributed by atoms with E-state index in [2.05, 4.69) is 33.8 Å². The Kier molecular flexibility index (Phi) is 8.86. The molecule has 1 amide bonds. The highest BCUT2D eigenvalue weighted by Gasteiger charge is 2.19. The van der Waals surface area contributed by atoms with Crippen LogP contribution < -0.4 is 5.32 Å². The summed E-state index contributed by atoms with van der Waals surface area (Å²) in [6.45, 7) is 2.35. The third-order valence-corrected chi connectivity index (χ3v) is 5.27. The van der Waals surface area contributed by atoms with Crippen molar-refractivity contribution in [2.75, 3.05) is 19.6 Å². The lowest BCUT2D eigenvalue weighted by Crippen LogP contribution is -2.39. The van der Waals surface area contributed by atoms with Crippen molar-refractivity contribution in [1.29, 1.82) is 0 Å². The maximum absolute atomic E-state index is 12.6. The molecule has 1 aliphatic heterocycles. The molecule has 1 unspecified atom stereocenters. The van der Waals surface area contributed by atoms with E-state index in [0.717, 1.165) is 18.7 Å². The van der Waals surface area contributed by atoms with Gasteiger partial charge in [-0.1, -0.05) is 49.2 Å². The Labute approximate surface area is 158 Å². The van der Waals surface area contributed by atoms with Crippen molar-refractivity contribution in [2.24, 2.45) is 0 Å². The van der Waals surface area contributed by atoms with Gasteiger partial charge in [0, 0.05) is 4.88 Å². The smallest absolute Gasteiger partial charge is 0.290 e. The number of amides is 1. The molecule has 1 fully saturated rings. The lowest BCUT2D eigenvalue weighted by molar-refractivity contribution is -0.123. The number of carbonyl (C=O) groups excluding carboxylic acids is 1. The normalized spacial score (nSPS) is 15.8. The Morgan fingerprint density at radius 1 is 1.12 bits per heavy atom. The van der Waals surface area contributed by atoms with Crippen LogP contribution in [0.5, 0.6) is 0 Å². The number of carbonyl (C=O) groups is 2. The van der Waals surface area contributed by atoms with Gasteiger partial charge < -0.3 is 10.4 Å². The SMILES string of the molecule is O=C(CN1CCCCCC1)NC(c1ccccc1)c1cccs1.O=CO. The molecule has 2 heterocycles. The molecule has 0 spiro atoms. The van der Waals surface area contributed by atoms with E-state index < -0.39 is 0 Å². The fourth-order valence-corrected chi connectivity index (χ4v) is 3.93. The van der Waals surface area contributed by atoms with Crippen molar-refractivity contribution in [2.45, 2.75) is 31.7 Å². The van der Waals surface area contributed by atoms with Crippen molar-refractivity contribution >= 4 is 23.7 Å². The first-order chi connectivity index (χ1) is 12.7. The lowest BCUT2D eigenvalue weighted by Gasteiger charge is -2.22. The monoisotopic (exact) mass is 374 g/mol. The number of thiophene rings is 1. The molecule has 6 heteroatoms. The van der Waals surface area contributed by atoms with Gasteiger partial charge in [-0.2, -0.15) is 0 Å². The highest BCUT2D eigenvalue weighted by molar-refractivity contribution is 7.10. The molecule has 140 valence electrons. The van der Waals surface area contributed by atoms with Crippen LogP contribution in [0, 0.1) is 0 Å². The van der Waals surface area contributed by atoms with Gasteiger partial charge in [-0.15, -0.1) is 11.3 Å². The molecule has 0 bridgehead atoms. The van der Waals surface area contributed by atoms with E-state index in [1.807, 2.05) is 24.3 Å². The van der Waals surface area contributed by atoms with Gasteiger partial charge >= 0.3 is 0 Å². The van der Waals surface area contributed by atoms with Gasteiger partial charge in [0.2, 0.25) is 5.91 Å². The molecule has 1 atom stereocenters. The van der Waals surface area contributed by atoms with Crippen LogP contribution in [0.25, 0.3) is 0 Å². The molecule has 1 aromatic carbocycles. The zero-order valence-electron chi connectivity index (χ0n) is 14.8. The van der Waals surface area contributed by atoms with E-state index in [0.29, 0.717) is 6.54 Å². The Balaban J connectivity index is 0.000000758. The summed E-state index contributed by atoms with van der Waals surface area (Å²) >= 11 is 1.69. The van der Waals surface area contributed by atoms with Crippen molar-refractivity contribution < 1.29 is 14.7 Å². The van der Waals surface area contributed by atoms with Crippen LogP contribution in [-0.2, 0) is 9.59 Å². The summed E-state index contributed by atoms with van der Waals surface area (Å²) in [4.78, 5) is 24.4. The molecule has 1 saturated heterocycles. The molecule has 5 nitrogen and oxygen atoms in total. The molecule has 1 aromatic heterocycles. The van der Waals surface area contributed by atoms with Crippen LogP contribution in [0.1, 0.15) is 42.2 Å². The topological polar surface area (TPSA) is 69.6 Å². The number of benzene rings is 1. The van der Waals surface area contributed by atoms with Crippen molar-refractivity contribution in [3.8, 4) is 0 Å². The number of hydrogen-bond acceptors (Lipinski definition) is 4. The molecular formula is C20H26N2O3S. The van der Waals surface area contributed by atoms with Crippen LogP contribution in [0.2, 0.25) is 0 Å². The minimum absolute atomic E-state index is 0.0457. The quantitative estimate of drug-likeness (QED) is 0.786. The van der Waals surface area contributed by atoms with Crippen molar-refractivity contribution in [3.63, 3.8) is 0 Å². The van der Waals surface area contributed by atoms with Gasteiger partial charge in [0.15, 0.2) is 0 Å². The predicted octanol–water partition coefficient (Wildman–Crippen LogP) is 3.53. The number of rotatable bonds is 5. The summed E-state index contributed by atoms with van der Waals surface area (Å²) in [5, 5.41) is 12.2. The zero-order valence-corrected chi connectivity index (χ0v) is 15.7. The third kappa shape index (κ3) is 6.61. The summed E-state index contributed by atoms with van der Waals surface area (Å²) in [5.41, 5.74) is 1.14. The van der Waals surface area contributed by atoms with Crippen LogP contribution in [-0.4, -0.2) is 42.0 Å². The minimum Gasteiger partial charge on any atom is -0.483 e. The van der Waals surface area contributed by atoms with Gasteiger partial charge in [-0.25, -0.2) is 0 Å². The highest BCUT2D eigenvalue weighted by Crippen LogP contribution is 2.25. The first-order valence-electron chi connectivity index (χ1n) is 8.92. The molecule has 0 aliphatic carbocycles. The van der Waals surface area contributed by atoms with E-state index in [-0.39, 0.29) is 18.4 Å². The average Bonchev–Trinajstić information content (AvgIpc) is 3.06. The standard InChI is InChI=1S/C19H24N2OS.CH2O2/c22-18(15-21-12-6-1-2-7-13-21)20-19(17-11-8-14-23-17)16-9-4-3-5-10-16;2-1-3/h3-5,8-11,14,19H,1-2,6-7,12-13,15H2,(H,20,22);1H,(H,2,3). The maximum Gasteiger partial charge on any atom is 0.290 e. The van der Waals surface area contributed by atoms with Crippen LogP contribution in [0.3, 0.4) is 0 Å². The maximum atomic E-state index is 12.6. The Morgan fingerprint density at radius 3 is 2.35 bits per heavy atom. The number of likely N-dealkylation sites (tertiary alicyclic amines) is 1. The molecule has 26 heavy (non-hydrogen) atoms. The van der Waals surface area contributed by atoms with E-state index in [1.54, 1.807) is 11.3 Å². The molecule has 3 rings (SSSR count). The fourth-order valence-electron chi connectivity index (χ4n) is 3.12. The second kappa shape index (κ2) is 11.4. The van der Waals surface area contributed by atoms with Crippen LogP contribution >= 0.6 is 11.3 Å². The van der Waals surface area contributed by atoms with E-state index >= 15 is 0 Å². The first-order valence-corrected chi connectivity index (χ1v) is 9.80. The van der Waals surface area contributed by atoms with E-state index in [1.165, 1.54) is 30.6 Å². The van der Waals surface area contributed by atoms with Crippen LogP contribution in [0.4, 0.5) is 0 Å². The number of hydrogen-bond donors (Lipinski definition) is 2. The van der Waals surface area contributed by atoms with Crippen molar-refractivity contribution in [1.82, 2.24) is 10.2 Å². The van der Waals surface area contributed by atoms with E-state index in [4.69, 9.17) is 9.90 Å². The second-order valence-electron chi connectivity index (χ2n) is 6.22. The van der Waals surface area contributed by atoms with Gasteiger partial charge in [0.1, 0.15) is 0 Å². The second-order valence-corrected chi connectivity index (χ2v) is 7.20. The molecule has 2 aromatic rings. The number of nitrogens with one attached hydrogen (secondary N) is 1.